The van der Waals surface area contributed by atoms with Gasteiger partial charge in [0, 0.05) is 18.8 Å². The number of nitrogens with zero attached hydrogens (tertiary/aromatic N) is 1. The van der Waals surface area contributed by atoms with Gasteiger partial charge in [-0.25, -0.2) is 0 Å². The van der Waals surface area contributed by atoms with Crippen LogP contribution >= 0.6 is 11.6 Å². The van der Waals surface area contributed by atoms with Gasteiger partial charge in [0.1, 0.15) is 11.8 Å². The Balaban J connectivity index is 1.86. The number of halogens is 1. The highest BCUT2D eigenvalue weighted by Crippen LogP contribution is 2.30. The predicted molar refractivity (Wildman–Crippen MR) is 107 cm³/mol. The van der Waals surface area contributed by atoms with Crippen LogP contribution in [0.15, 0.2) is 48.5 Å². The number of rotatable bonds is 5. The van der Waals surface area contributed by atoms with E-state index in [1.807, 2.05) is 44.2 Å². The summed E-state index contributed by atoms with van der Waals surface area (Å²) in [6, 6.07) is 14.6. The molecule has 0 unspecified atom stereocenters. The van der Waals surface area contributed by atoms with Crippen molar-refractivity contribution in [2.75, 3.05) is 25.5 Å². The summed E-state index contributed by atoms with van der Waals surface area (Å²) >= 11 is 6.19. The summed E-state index contributed by atoms with van der Waals surface area (Å²) in [5.41, 5.74) is 1.59. The van der Waals surface area contributed by atoms with E-state index in [1.54, 1.807) is 25.3 Å². The molecular weight excluding hydrogens is 364 g/mol. The Hall–Kier alpha value is -2.08. The number of morpholine rings is 1. The summed E-state index contributed by atoms with van der Waals surface area (Å²) < 4.78 is 11.0. The Morgan fingerprint density at radius 2 is 1.85 bits per heavy atom. The zero-order valence-electron chi connectivity index (χ0n) is 15.8. The molecule has 3 rings (SSSR count). The molecule has 1 N–H and O–H groups in total. The summed E-state index contributed by atoms with van der Waals surface area (Å²) in [4.78, 5) is 15.4. The number of carbonyl (C=O) groups is 1. The van der Waals surface area contributed by atoms with Crippen LogP contribution < -0.4 is 10.1 Å². The second-order valence-corrected chi connectivity index (χ2v) is 7.27. The van der Waals surface area contributed by atoms with Crippen molar-refractivity contribution in [2.45, 2.75) is 32.1 Å². The van der Waals surface area contributed by atoms with E-state index in [2.05, 4.69) is 10.2 Å². The van der Waals surface area contributed by atoms with Gasteiger partial charge in [0.25, 0.3) is 0 Å². The van der Waals surface area contributed by atoms with Gasteiger partial charge in [0.2, 0.25) is 5.91 Å². The van der Waals surface area contributed by atoms with Crippen molar-refractivity contribution < 1.29 is 14.3 Å². The second kappa shape index (κ2) is 8.74. The van der Waals surface area contributed by atoms with E-state index >= 15 is 0 Å². The Bertz CT molecular complexity index is 774. The minimum absolute atomic E-state index is 0.0724. The average Bonchev–Trinajstić information content (AvgIpc) is 2.62. The van der Waals surface area contributed by atoms with E-state index in [4.69, 9.17) is 21.1 Å². The lowest BCUT2D eigenvalue weighted by molar-refractivity contribution is -0.128. The lowest BCUT2D eigenvalue weighted by atomic mass is 10.0. The molecule has 1 fully saturated rings. The molecule has 0 bridgehead atoms. The van der Waals surface area contributed by atoms with Crippen LogP contribution in [0.5, 0.6) is 5.75 Å². The molecule has 0 aliphatic carbocycles. The first kappa shape index (κ1) is 19.7. The van der Waals surface area contributed by atoms with Gasteiger partial charge < -0.3 is 14.8 Å². The molecule has 1 heterocycles. The molecule has 0 aromatic heterocycles. The highest BCUT2D eigenvalue weighted by molar-refractivity contribution is 6.32. The van der Waals surface area contributed by atoms with Crippen molar-refractivity contribution in [1.29, 1.82) is 0 Å². The molecule has 6 heteroatoms. The monoisotopic (exact) mass is 388 g/mol. The molecular formula is C21H25ClN2O3. The summed E-state index contributed by atoms with van der Waals surface area (Å²) in [6.07, 6.45) is 0.145. The van der Waals surface area contributed by atoms with Crippen molar-refractivity contribution in [3.8, 4) is 5.75 Å². The van der Waals surface area contributed by atoms with Crippen molar-refractivity contribution in [2.24, 2.45) is 0 Å². The number of nitrogens with one attached hydrogen (secondary N) is 1. The first-order valence-electron chi connectivity index (χ1n) is 9.06. The first-order chi connectivity index (χ1) is 13.0. The fourth-order valence-corrected chi connectivity index (χ4v) is 3.80. The molecule has 5 nitrogen and oxygen atoms in total. The summed E-state index contributed by atoms with van der Waals surface area (Å²) in [5, 5.41) is 3.46. The molecule has 27 heavy (non-hydrogen) atoms. The van der Waals surface area contributed by atoms with Crippen LogP contribution in [0.1, 0.15) is 25.5 Å². The summed E-state index contributed by atoms with van der Waals surface area (Å²) in [7, 11) is 1.56. The van der Waals surface area contributed by atoms with Gasteiger partial charge in [-0.15, -0.1) is 0 Å². The zero-order chi connectivity index (χ0) is 19.4. The Kier molecular flexibility index (Phi) is 6.37. The van der Waals surface area contributed by atoms with Crippen LogP contribution in [-0.2, 0) is 9.53 Å². The minimum Gasteiger partial charge on any atom is -0.495 e. The van der Waals surface area contributed by atoms with Crippen LogP contribution in [0, 0.1) is 0 Å². The SMILES string of the molecule is COc1ccc(NC(=O)[C@@H](c2ccccc2)N2C[C@@H](C)O[C@@H](C)C2)cc1Cl. The van der Waals surface area contributed by atoms with Crippen molar-refractivity contribution in [1.82, 2.24) is 4.90 Å². The van der Waals surface area contributed by atoms with Gasteiger partial charge in [-0.05, 0) is 37.6 Å². The molecule has 1 aliphatic heterocycles. The quantitative estimate of drug-likeness (QED) is 0.836. The van der Waals surface area contributed by atoms with E-state index in [1.165, 1.54) is 0 Å². The molecule has 3 atom stereocenters. The molecule has 1 saturated heterocycles. The average molecular weight is 389 g/mol. The number of hydrogen-bond acceptors (Lipinski definition) is 4. The van der Waals surface area contributed by atoms with Gasteiger partial charge in [0.15, 0.2) is 0 Å². The van der Waals surface area contributed by atoms with E-state index in [-0.39, 0.29) is 18.1 Å². The van der Waals surface area contributed by atoms with Gasteiger partial charge in [-0.2, -0.15) is 0 Å². The number of amides is 1. The maximum absolute atomic E-state index is 13.2. The third-order valence-corrected chi connectivity index (χ3v) is 4.89. The van der Waals surface area contributed by atoms with E-state index in [9.17, 15) is 4.79 Å². The smallest absolute Gasteiger partial charge is 0.246 e. The highest BCUT2D eigenvalue weighted by atomic mass is 35.5. The molecule has 1 aliphatic rings. The van der Waals surface area contributed by atoms with Crippen LogP contribution in [-0.4, -0.2) is 43.2 Å². The van der Waals surface area contributed by atoms with Crippen LogP contribution in [0.4, 0.5) is 5.69 Å². The molecule has 144 valence electrons. The predicted octanol–water partition coefficient (Wildman–Crippen LogP) is 4.14. The number of anilines is 1. The standard InChI is InChI=1S/C21H25ClN2O3/c1-14-12-24(13-15(2)27-14)20(16-7-5-4-6-8-16)21(25)23-17-9-10-19(26-3)18(22)11-17/h4-11,14-15,20H,12-13H2,1-3H3,(H,23,25)/t14-,15+,20-/m1/s1. The van der Waals surface area contributed by atoms with Gasteiger partial charge in [-0.1, -0.05) is 41.9 Å². The number of hydrogen-bond donors (Lipinski definition) is 1. The zero-order valence-corrected chi connectivity index (χ0v) is 16.6. The highest BCUT2D eigenvalue weighted by Gasteiger charge is 2.33. The Morgan fingerprint density at radius 1 is 1.19 bits per heavy atom. The number of ether oxygens (including phenoxy) is 2. The fourth-order valence-electron chi connectivity index (χ4n) is 3.55. The largest absolute Gasteiger partial charge is 0.495 e. The summed E-state index contributed by atoms with van der Waals surface area (Å²) in [6.45, 7) is 5.46. The lowest BCUT2D eigenvalue weighted by Gasteiger charge is -2.39. The maximum atomic E-state index is 13.2. The first-order valence-corrected chi connectivity index (χ1v) is 9.44. The van der Waals surface area contributed by atoms with Crippen molar-refractivity contribution >= 4 is 23.2 Å². The van der Waals surface area contributed by atoms with Crippen LogP contribution in [0.2, 0.25) is 5.02 Å². The topological polar surface area (TPSA) is 50.8 Å². The van der Waals surface area contributed by atoms with Crippen LogP contribution in [0.25, 0.3) is 0 Å². The molecule has 2 aromatic rings. The van der Waals surface area contributed by atoms with E-state index in [0.29, 0.717) is 29.5 Å². The number of benzene rings is 2. The molecule has 2 aromatic carbocycles. The Morgan fingerprint density at radius 3 is 2.44 bits per heavy atom. The normalized spacial score (nSPS) is 21.5. The van der Waals surface area contributed by atoms with E-state index < -0.39 is 6.04 Å². The van der Waals surface area contributed by atoms with Gasteiger partial charge in [0.05, 0.1) is 24.3 Å². The number of carbonyl (C=O) groups excluding carboxylic acids is 1. The van der Waals surface area contributed by atoms with Crippen molar-refractivity contribution in [3.63, 3.8) is 0 Å². The summed E-state index contributed by atoms with van der Waals surface area (Å²) in [5.74, 6) is 0.480. The molecule has 1 amide bonds. The van der Waals surface area contributed by atoms with Gasteiger partial charge in [-0.3, -0.25) is 9.69 Å². The third-order valence-electron chi connectivity index (χ3n) is 4.60. The molecule has 0 saturated carbocycles. The van der Waals surface area contributed by atoms with E-state index in [0.717, 1.165) is 5.56 Å². The maximum Gasteiger partial charge on any atom is 0.246 e. The van der Waals surface area contributed by atoms with Crippen LogP contribution in [0.3, 0.4) is 0 Å². The molecule has 0 spiro atoms. The number of methoxy groups -OCH3 is 1. The third kappa shape index (κ3) is 4.80. The lowest BCUT2D eigenvalue weighted by Crippen LogP contribution is -2.49. The molecule has 0 radical (unpaired) electrons. The Labute approximate surface area is 165 Å². The van der Waals surface area contributed by atoms with Gasteiger partial charge >= 0.3 is 0 Å². The fraction of sp³-hybridized carbons (Fsp3) is 0.381. The van der Waals surface area contributed by atoms with Crippen molar-refractivity contribution in [3.05, 3.63) is 59.1 Å². The second-order valence-electron chi connectivity index (χ2n) is 6.86. The minimum atomic E-state index is -0.402.